The molecule has 2 rings (SSSR count). The molecular formula is C15H17ClN2OS. The highest BCUT2D eigenvalue weighted by Gasteiger charge is 2.11. The van der Waals surface area contributed by atoms with Crippen molar-refractivity contribution >= 4 is 34.5 Å². The van der Waals surface area contributed by atoms with Gasteiger partial charge in [0.1, 0.15) is 0 Å². The number of hydrogen-bond acceptors (Lipinski definition) is 3. The Bertz CT molecular complexity index is 569. The van der Waals surface area contributed by atoms with Crippen LogP contribution in [0.1, 0.15) is 22.8 Å². The zero-order valence-electron chi connectivity index (χ0n) is 11.3. The molecule has 0 aliphatic heterocycles. The van der Waals surface area contributed by atoms with Gasteiger partial charge in [0, 0.05) is 23.8 Å². The molecule has 0 radical (unpaired) electrons. The van der Waals surface area contributed by atoms with Crippen LogP contribution in [0.5, 0.6) is 0 Å². The second-order valence-corrected chi connectivity index (χ2v) is 5.57. The van der Waals surface area contributed by atoms with Crippen molar-refractivity contribution in [1.29, 1.82) is 0 Å². The molecule has 0 atom stereocenters. The van der Waals surface area contributed by atoms with Gasteiger partial charge in [0.25, 0.3) is 5.91 Å². The van der Waals surface area contributed by atoms with Gasteiger partial charge in [-0.15, -0.1) is 0 Å². The van der Waals surface area contributed by atoms with Crippen LogP contribution in [0.3, 0.4) is 0 Å². The van der Waals surface area contributed by atoms with E-state index >= 15 is 0 Å². The van der Waals surface area contributed by atoms with Gasteiger partial charge in [0.2, 0.25) is 0 Å². The molecule has 0 bridgehead atoms. The van der Waals surface area contributed by atoms with Gasteiger partial charge < -0.3 is 10.6 Å². The SMILES string of the molecule is CCNc1ccc(Cl)cc1C(=O)NCCc1ccsc1. The van der Waals surface area contributed by atoms with Crippen molar-refractivity contribution in [3.8, 4) is 0 Å². The Hall–Kier alpha value is -1.52. The molecule has 0 saturated carbocycles. The maximum Gasteiger partial charge on any atom is 0.253 e. The number of nitrogens with one attached hydrogen (secondary N) is 2. The number of carbonyl (C=O) groups excluding carboxylic acids is 1. The van der Waals surface area contributed by atoms with Gasteiger partial charge in [-0.25, -0.2) is 0 Å². The quantitative estimate of drug-likeness (QED) is 0.852. The summed E-state index contributed by atoms with van der Waals surface area (Å²) < 4.78 is 0. The van der Waals surface area contributed by atoms with Crippen LogP contribution in [0.4, 0.5) is 5.69 Å². The average molecular weight is 309 g/mol. The predicted octanol–water partition coefficient (Wildman–Crippen LogP) is 3.81. The first-order chi connectivity index (χ1) is 9.70. The van der Waals surface area contributed by atoms with Crippen LogP contribution in [0.2, 0.25) is 5.02 Å². The lowest BCUT2D eigenvalue weighted by atomic mass is 10.1. The van der Waals surface area contributed by atoms with E-state index < -0.39 is 0 Å². The molecule has 0 fully saturated rings. The van der Waals surface area contributed by atoms with Crippen molar-refractivity contribution < 1.29 is 4.79 Å². The van der Waals surface area contributed by atoms with Gasteiger partial charge in [-0.1, -0.05) is 11.6 Å². The molecule has 1 aromatic heterocycles. The summed E-state index contributed by atoms with van der Waals surface area (Å²) >= 11 is 7.64. The zero-order chi connectivity index (χ0) is 14.4. The Balaban J connectivity index is 1.99. The zero-order valence-corrected chi connectivity index (χ0v) is 12.9. The Kier molecular flexibility index (Phi) is 5.44. The van der Waals surface area contributed by atoms with E-state index in [0.717, 1.165) is 18.7 Å². The Labute approximate surface area is 128 Å². The monoisotopic (exact) mass is 308 g/mol. The van der Waals surface area contributed by atoms with Crippen molar-refractivity contribution in [2.24, 2.45) is 0 Å². The molecule has 2 aromatic rings. The maximum atomic E-state index is 12.2. The van der Waals surface area contributed by atoms with Crippen molar-refractivity contribution in [1.82, 2.24) is 5.32 Å². The minimum Gasteiger partial charge on any atom is -0.385 e. The Morgan fingerprint density at radius 3 is 2.90 bits per heavy atom. The summed E-state index contributed by atoms with van der Waals surface area (Å²) in [5.74, 6) is -0.0984. The fourth-order valence-electron chi connectivity index (χ4n) is 1.90. The van der Waals surface area contributed by atoms with Gasteiger partial charge in [0.05, 0.1) is 5.56 Å². The van der Waals surface area contributed by atoms with Gasteiger partial charge in [-0.3, -0.25) is 4.79 Å². The average Bonchev–Trinajstić information content (AvgIpc) is 2.94. The molecule has 0 aliphatic carbocycles. The lowest BCUT2D eigenvalue weighted by molar-refractivity contribution is 0.0955. The van der Waals surface area contributed by atoms with Gasteiger partial charge in [-0.05, 0) is 53.9 Å². The highest BCUT2D eigenvalue weighted by atomic mass is 35.5. The van der Waals surface area contributed by atoms with Crippen LogP contribution >= 0.6 is 22.9 Å². The van der Waals surface area contributed by atoms with E-state index in [1.54, 1.807) is 23.5 Å². The third-order valence-corrected chi connectivity index (χ3v) is 3.84. The lowest BCUT2D eigenvalue weighted by Crippen LogP contribution is -2.26. The summed E-state index contributed by atoms with van der Waals surface area (Å²) in [6, 6.07) is 7.38. The fraction of sp³-hybridized carbons (Fsp3) is 0.267. The number of rotatable bonds is 6. The molecule has 1 aromatic carbocycles. The number of thiophene rings is 1. The highest BCUT2D eigenvalue weighted by molar-refractivity contribution is 7.07. The summed E-state index contributed by atoms with van der Waals surface area (Å²) in [6.45, 7) is 3.37. The van der Waals surface area contributed by atoms with Gasteiger partial charge in [-0.2, -0.15) is 11.3 Å². The smallest absolute Gasteiger partial charge is 0.253 e. The third-order valence-electron chi connectivity index (χ3n) is 2.87. The molecule has 106 valence electrons. The number of benzene rings is 1. The van der Waals surface area contributed by atoms with Crippen LogP contribution in [0.15, 0.2) is 35.0 Å². The molecule has 0 saturated heterocycles. The predicted molar refractivity (Wildman–Crippen MR) is 86.0 cm³/mol. The third kappa shape index (κ3) is 3.99. The molecule has 0 aliphatic rings. The Morgan fingerprint density at radius 2 is 2.20 bits per heavy atom. The standard InChI is InChI=1S/C15H17ClN2OS/c1-2-17-14-4-3-12(16)9-13(14)15(19)18-7-5-11-6-8-20-10-11/h3-4,6,8-10,17H,2,5,7H2,1H3,(H,18,19). The van der Waals surface area contributed by atoms with Crippen LogP contribution in [-0.4, -0.2) is 19.0 Å². The largest absolute Gasteiger partial charge is 0.385 e. The normalized spacial score (nSPS) is 10.3. The number of carbonyl (C=O) groups is 1. The molecule has 1 amide bonds. The van der Waals surface area contributed by atoms with Crippen LogP contribution < -0.4 is 10.6 Å². The van der Waals surface area contributed by atoms with E-state index in [0.29, 0.717) is 17.1 Å². The summed E-state index contributed by atoms with van der Waals surface area (Å²) in [5, 5.41) is 10.8. The van der Waals surface area contributed by atoms with Crippen LogP contribution in [-0.2, 0) is 6.42 Å². The van der Waals surface area contributed by atoms with Crippen LogP contribution in [0.25, 0.3) is 0 Å². The molecule has 0 spiro atoms. The summed E-state index contributed by atoms with van der Waals surface area (Å²) in [4.78, 5) is 12.2. The van der Waals surface area contributed by atoms with Crippen molar-refractivity contribution in [2.75, 3.05) is 18.4 Å². The Morgan fingerprint density at radius 1 is 1.35 bits per heavy atom. The fourth-order valence-corrected chi connectivity index (χ4v) is 2.77. The highest BCUT2D eigenvalue weighted by Crippen LogP contribution is 2.20. The van der Waals surface area contributed by atoms with Gasteiger partial charge >= 0.3 is 0 Å². The molecule has 3 nitrogen and oxygen atoms in total. The van der Waals surface area contributed by atoms with E-state index in [1.807, 2.05) is 18.4 Å². The van der Waals surface area contributed by atoms with Crippen LogP contribution in [0, 0.1) is 0 Å². The molecular weight excluding hydrogens is 292 g/mol. The minimum absolute atomic E-state index is 0.0984. The van der Waals surface area contributed by atoms with E-state index in [9.17, 15) is 4.79 Å². The topological polar surface area (TPSA) is 41.1 Å². The lowest BCUT2D eigenvalue weighted by Gasteiger charge is -2.11. The molecule has 20 heavy (non-hydrogen) atoms. The number of hydrogen-bond donors (Lipinski definition) is 2. The van der Waals surface area contributed by atoms with Gasteiger partial charge in [0.15, 0.2) is 0 Å². The van der Waals surface area contributed by atoms with Crippen molar-refractivity contribution in [3.63, 3.8) is 0 Å². The molecule has 2 N–H and O–H groups in total. The second-order valence-electron chi connectivity index (χ2n) is 4.36. The second kappa shape index (κ2) is 7.31. The summed E-state index contributed by atoms with van der Waals surface area (Å²) in [5.41, 5.74) is 2.64. The first kappa shape index (κ1) is 14.9. The molecule has 1 heterocycles. The van der Waals surface area contributed by atoms with E-state index in [1.165, 1.54) is 5.56 Å². The van der Waals surface area contributed by atoms with E-state index in [2.05, 4.69) is 22.1 Å². The summed E-state index contributed by atoms with van der Waals surface area (Å²) in [7, 11) is 0. The first-order valence-electron chi connectivity index (χ1n) is 6.53. The summed E-state index contributed by atoms with van der Waals surface area (Å²) in [6.07, 6.45) is 0.840. The van der Waals surface area contributed by atoms with E-state index in [-0.39, 0.29) is 5.91 Å². The molecule has 0 unspecified atom stereocenters. The first-order valence-corrected chi connectivity index (χ1v) is 7.85. The number of halogens is 1. The number of anilines is 1. The molecule has 5 heteroatoms. The van der Waals surface area contributed by atoms with E-state index in [4.69, 9.17) is 11.6 Å². The maximum absolute atomic E-state index is 12.2. The minimum atomic E-state index is -0.0984. The van der Waals surface area contributed by atoms with Crippen molar-refractivity contribution in [2.45, 2.75) is 13.3 Å². The van der Waals surface area contributed by atoms with Crippen molar-refractivity contribution in [3.05, 3.63) is 51.2 Å². The number of amides is 1.